The second-order valence-corrected chi connectivity index (χ2v) is 0.0680. The van der Waals surface area contributed by atoms with Crippen molar-refractivity contribution in [1.82, 2.24) is 0 Å². The first-order valence-electron chi connectivity index (χ1n) is 0.781. The summed E-state index contributed by atoms with van der Waals surface area (Å²) in [5.41, 5.74) is 0. The third-order valence-electron chi connectivity index (χ3n) is 0. The van der Waals surface area contributed by atoms with E-state index in [2.05, 4.69) is 12.6 Å². The fourth-order valence-corrected chi connectivity index (χ4v) is 0. The molecule has 0 bridgehead atoms. The van der Waals surface area contributed by atoms with Gasteiger partial charge < -0.3 is 0 Å². The highest BCUT2D eigenvalue weighted by Crippen LogP contribution is 1.31. The molecule has 0 heterocycles. The predicted octanol–water partition coefficient (Wildman–Crippen LogP) is -0.576. The Morgan fingerprint density at radius 3 is 1.80 bits per heavy atom. The molecule has 0 unspecified atom stereocenters. The maximum absolute atomic E-state index is 7.88. The van der Waals surface area contributed by atoms with Crippen molar-refractivity contribution in [3.8, 4) is 0 Å². The van der Waals surface area contributed by atoms with Gasteiger partial charge in [0.2, 0.25) is 0 Å². The average molecular weight is 96.1 g/mol. The average Bonchev–Trinajstić information content (AvgIpc) is 1.46. The molecular weight excluding hydrogens is 92.1 g/mol. The van der Waals surface area contributed by atoms with Gasteiger partial charge >= 0.3 is 0 Å². The van der Waals surface area contributed by atoms with E-state index in [1.54, 1.807) is 11.0 Å². The van der Waals surface area contributed by atoms with E-state index in [1.165, 1.54) is 0 Å². The summed E-state index contributed by atoms with van der Waals surface area (Å²) in [6, 6.07) is 0. The normalized spacial score (nSPS) is 3.60. The van der Waals surface area contributed by atoms with Crippen LogP contribution in [0.5, 0.6) is 0 Å². The Hall–Kier alpha value is -0.250. The first-order valence-corrected chi connectivity index (χ1v) is 1.67. The summed E-state index contributed by atoms with van der Waals surface area (Å²) in [6.45, 7) is 0. The van der Waals surface area contributed by atoms with Gasteiger partial charge in [0, 0.05) is 0 Å². The molecule has 0 aliphatic carbocycles. The van der Waals surface area contributed by atoms with E-state index in [0.29, 0.717) is 0 Å². The smallest absolute Gasteiger partial charge is 0.154 e. The quantitative estimate of drug-likeness (QED) is 0.190. The molecule has 0 amide bonds. The van der Waals surface area contributed by atoms with Gasteiger partial charge in [-0.15, -0.1) is 0 Å². The Labute approximate surface area is 34.9 Å². The molecule has 0 aromatic heterocycles. The molecule has 0 aliphatic heterocycles. The largest absolute Gasteiger partial charge is 0.183 e. The Balaban J connectivity index is 0. The van der Waals surface area contributed by atoms with Crippen molar-refractivity contribution in [1.29, 1.82) is 0 Å². The van der Waals surface area contributed by atoms with Gasteiger partial charge in [-0.05, 0) is 6.26 Å². The molecule has 32 valence electrons. The molecule has 0 aromatic carbocycles. The lowest BCUT2D eigenvalue weighted by Crippen LogP contribution is -1.82. The third-order valence-corrected chi connectivity index (χ3v) is 0. The minimum Gasteiger partial charge on any atom is -0.183 e. The number of hydrogen-bond acceptors (Lipinski definition) is 3. The zero-order valence-electron chi connectivity index (χ0n) is 2.67. The van der Waals surface area contributed by atoms with E-state index in [9.17, 15) is 0 Å². The molecule has 0 saturated carbocycles. The summed E-state index contributed by atoms with van der Waals surface area (Å²) < 4.78 is 1.75. The Morgan fingerprint density at radius 1 is 1.80 bits per heavy atom. The summed E-state index contributed by atoms with van der Waals surface area (Å²) in [6.07, 6.45) is 1.69. The predicted molar refractivity (Wildman–Crippen MR) is 21.6 cm³/mol. The highest BCUT2D eigenvalue weighted by atomic mass is 32.1. The van der Waals surface area contributed by atoms with Crippen LogP contribution in [0.15, 0.2) is 0 Å². The van der Waals surface area contributed by atoms with Crippen LogP contribution in [0, 0.1) is 9.71 Å². The summed E-state index contributed by atoms with van der Waals surface area (Å²) in [4.78, 5) is 7.88. The highest BCUT2D eigenvalue weighted by molar-refractivity contribution is 7.79. The second kappa shape index (κ2) is 50.4. The van der Waals surface area contributed by atoms with Crippen LogP contribution in [0.25, 0.3) is 0 Å². The van der Waals surface area contributed by atoms with Crippen LogP contribution in [-0.2, 0) is 0 Å². The minimum atomic E-state index is 1.69. The van der Waals surface area contributed by atoms with Crippen LogP contribution in [0.4, 0.5) is 0 Å². The van der Waals surface area contributed by atoms with Gasteiger partial charge in [0.05, 0.1) is 0 Å². The van der Waals surface area contributed by atoms with Crippen molar-refractivity contribution in [2.24, 2.45) is 0 Å². The summed E-state index contributed by atoms with van der Waals surface area (Å²) >= 11 is 3.53. The van der Waals surface area contributed by atoms with Crippen molar-refractivity contribution < 1.29 is 5.26 Å². The van der Waals surface area contributed by atoms with E-state index >= 15 is 0 Å². The lowest BCUT2D eigenvalue weighted by molar-refractivity contribution is -0.284. The third kappa shape index (κ3) is 184. The van der Waals surface area contributed by atoms with Crippen molar-refractivity contribution in [2.75, 3.05) is 6.26 Å². The molecule has 4 heteroatoms. The van der Waals surface area contributed by atoms with Crippen molar-refractivity contribution in [3.05, 3.63) is 9.71 Å². The van der Waals surface area contributed by atoms with E-state index in [0.717, 1.165) is 0 Å². The molecule has 0 radical (unpaired) electrons. The molecule has 3 nitrogen and oxygen atoms in total. The topological polar surface area (TPSA) is 51.4 Å². The fourth-order valence-electron chi connectivity index (χ4n) is 0. The Kier molecular flexibility index (Phi) is 89.1. The van der Waals surface area contributed by atoms with Crippen molar-refractivity contribution >= 4 is 12.6 Å². The Morgan fingerprint density at radius 2 is 1.80 bits per heavy atom. The monoisotopic (exact) mass is 96.0 g/mol. The summed E-state index contributed by atoms with van der Waals surface area (Å²) in [5.74, 6) is 0. The number of thiol groups is 1. The number of hydrogen-bond donors (Lipinski definition) is 1. The van der Waals surface area contributed by atoms with Crippen molar-refractivity contribution in [3.63, 3.8) is 0 Å². The molecule has 0 atom stereocenters. The van der Waals surface area contributed by atoms with Gasteiger partial charge in [0.25, 0.3) is 0 Å². The van der Waals surface area contributed by atoms with Gasteiger partial charge in [-0.25, -0.2) is 0 Å². The molecule has 0 N–H and O–H groups in total. The molecule has 0 spiro atoms. The van der Waals surface area contributed by atoms with Gasteiger partial charge in [-0.2, -0.15) is 12.6 Å². The van der Waals surface area contributed by atoms with Crippen LogP contribution in [0.1, 0.15) is 0 Å². The summed E-state index contributed by atoms with van der Waals surface area (Å²) in [7, 11) is 0. The molecule has 0 saturated heterocycles. The zero-order chi connectivity index (χ0) is 4.71. The minimum absolute atomic E-state index is 1.69. The van der Waals surface area contributed by atoms with Crippen LogP contribution in [-0.4, -0.2) is 6.26 Å². The molecular formula is CH4O3S. The van der Waals surface area contributed by atoms with Gasteiger partial charge in [0.15, 0.2) is 4.75 Å². The molecule has 0 rings (SSSR count). The van der Waals surface area contributed by atoms with E-state index in [-0.39, 0.29) is 0 Å². The van der Waals surface area contributed by atoms with Gasteiger partial charge in [-0.1, -0.05) is 10.2 Å². The lowest BCUT2D eigenvalue weighted by atomic mass is 12.0. The lowest BCUT2D eigenvalue weighted by Gasteiger charge is -1.19. The van der Waals surface area contributed by atoms with Gasteiger partial charge in [-0.3, -0.25) is 0 Å². The molecule has 0 aromatic rings. The van der Waals surface area contributed by atoms with Gasteiger partial charge in [0.1, 0.15) is 0 Å². The molecule has 0 fully saturated rings. The highest BCUT2D eigenvalue weighted by Gasteiger charge is 1.27. The maximum Gasteiger partial charge on any atom is 0.154 e. The van der Waals surface area contributed by atoms with E-state index in [4.69, 9.17) is 10.2 Å². The SMILES string of the molecule is CS.O=[O+][O-]. The number of rotatable bonds is 0. The standard InChI is InChI=1S/CH4S.O3/c1-2;1-3-2/h2H,1H3;. The zero-order valence-corrected chi connectivity index (χ0v) is 3.57. The maximum atomic E-state index is 7.88. The first kappa shape index (κ1) is 8.83. The molecule has 5 heavy (non-hydrogen) atoms. The van der Waals surface area contributed by atoms with Crippen molar-refractivity contribution in [2.45, 2.75) is 0 Å². The van der Waals surface area contributed by atoms with E-state index in [1.807, 2.05) is 0 Å². The fraction of sp³-hybridized carbons (Fsp3) is 1.00. The van der Waals surface area contributed by atoms with Crippen LogP contribution >= 0.6 is 12.6 Å². The van der Waals surface area contributed by atoms with Crippen LogP contribution in [0.2, 0.25) is 0 Å². The molecule has 0 aliphatic rings. The summed E-state index contributed by atoms with van der Waals surface area (Å²) in [5, 5.41) is 7.88. The first-order chi connectivity index (χ1) is 2.41. The Bertz CT molecular complexity index is 14.4. The van der Waals surface area contributed by atoms with Crippen LogP contribution < -0.4 is 5.26 Å². The van der Waals surface area contributed by atoms with E-state index < -0.39 is 0 Å². The second-order valence-electron chi connectivity index (χ2n) is 0.0680. The van der Waals surface area contributed by atoms with Crippen LogP contribution in [0.3, 0.4) is 0 Å².